The number of methoxy groups -OCH3 is 1. The van der Waals surface area contributed by atoms with Crippen LogP contribution in [-0.2, 0) is 12.2 Å². The average Bonchev–Trinajstić information content (AvgIpc) is 2.70. The highest BCUT2D eigenvalue weighted by Gasteiger charge is 2.73. The maximum atomic E-state index is 15.0. The summed E-state index contributed by atoms with van der Waals surface area (Å²) in [7, 11) is 0.904. The molecule has 4 nitrogen and oxygen atoms in total. The highest BCUT2D eigenvalue weighted by atomic mass is 19.4. The number of rotatable bonds is 6. The molecule has 0 saturated heterocycles. The summed E-state index contributed by atoms with van der Waals surface area (Å²) in [5, 5.41) is 8.99. The summed E-state index contributed by atoms with van der Waals surface area (Å²) >= 11 is 0. The van der Waals surface area contributed by atoms with E-state index in [-0.39, 0.29) is 28.2 Å². The summed E-state index contributed by atoms with van der Waals surface area (Å²) in [5.41, 5.74) is -7.36. The molecule has 0 bridgehead atoms. The minimum Gasteiger partial charge on any atom is -0.496 e. The van der Waals surface area contributed by atoms with Crippen LogP contribution in [0.4, 0.5) is 26.3 Å². The van der Waals surface area contributed by atoms with Gasteiger partial charge in [0.1, 0.15) is 5.75 Å². The largest absolute Gasteiger partial charge is 0.496 e. The van der Waals surface area contributed by atoms with Gasteiger partial charge in [-0.1, -0.05) is 31.5 Å². The standard InChI is InChI=1S/C21H19F6NO3/c1-3-4-11-28-15-10-9-14(19(22,20(23,24)25)21(26,27)30)17(31-2)16(15)12-7-5-6-8-13(12)18(28)29/h5-10,30H,3-4,11H2,1-2H3. The van der Waals surface area contributed by atoms with Crippen LogP contribution in [0.3, 0.4) is 0 Å². The van der Waals surface area contributed by atoms with Crippen molar-refractivity contribution in [3.05, 3.63) is 52.3 Å². The average molecular weight is 447 g/mol. The SMILES string of the molecule is CCCCn1c(=O)c2ccccc2c2c(OC)c(C(F)(C(O)(F)F)C(F)(F)F)ccc21. The number of hydrogen-bond acceptors (Lipinski definition) is 3. The monoisotopic (exact) mass is 447 g/mol. The molecule has 3 rings (SSSR count). The summed E-state index contributed by atoms with van der Waals surface area (Å²) in [6, 6.07) is 7.29. The number of aryl methyl sites for hydroxylation is 1. The topological polar surface area (TPSA) is 51.5 Å². The zero-order chi connectivity index (χ0) is 23.2. The minimum atomic E-state index is -6.17. The summed E-state index contributed by atoms with van der Waals surface area (Å²) < 4.78 is 89.1. The van der Waals surface area contributed by atoms with Crippen LogP contribution in [0.25, 0.3) is 21.7 Å². The quantitative estimate of drug-likeness (QED) is 0.414. The second-order valence-corrected chi connectivity index (χ2v) is 7.09. The lowest BCUT2D eigenvalue weighted by molar-refractivity contribution is -0.375. The van der Waals surface area contributed by atoms with Gasteiger partial charge >= 0.3 is 18.0 Å². The van der Waals surface area contributed by atoms with E-state index in [0.29, 0.717) is 18.9 Å². The van der Waals surface area contributed by atoms with E-state index in [4.69, 9.17) is 9.84 Å². The maximum Gasteiger partial charge on any atom is 0.435 e. The lowest BCUT2D eigenvalue weighted by atomic mass is 9.90. The van der Waals surface area contributed by atoms with Crippen molar-refractivity contribution >= 4 is 21.7 Å². The Bertz CT molecular complexity index is 1170. The van der Waals surface area contributed by atoms with Crippen LogP contribution in [0, 0.1) is 0 Å². The van der Waals surface area contributed by atoms with Crippen molar-refractivity contribution in [2.75, 3.05) is 7.11 Å². The van der Waals surface area contributed by atoms with Gasteiger partial charge in [-0.05, 0) is 24.6 Å². The fraction of sp³-hybridized carbons (Fsp3) is 0.381. The first-order valence-corrected chi connectivity index (χ1v) is 9.38. The van der Waals surface area contributed by atoms with Gasteiger partial charge in [-0.2, -0.15) is 22.0 Å². The number of fused-ring (bicyclic) bond motifs is 3. The second kappa shape index (κ2) is 7.74. The van der Waals surface area contributed by atoms with E-state index in [0.717, 1.165) is 13.2 Å². The number of benzene rings is 2. The number of halogens is 6. The molecular weight excluding hydrogens is 428 g/mol. The third kappa shape index (κ3) is 3.42. The van der Waals surface area contributed by atoms with Crippen molar-refractivity contribution in [3.8, 4) is 5.75 Å². The van der Waals surface area contributed by atoms with Gasteiger partial charge in [-0.15, -0.1) is 0 Å². The van der Waals surface area contributed by atoms with Crippen LogP contribution in [0.1, 0.15) is 25.3 Å². The molecule has 0 radical (unpaired) electrons. The number of unbranched alkanes of at least 4 members (excludes halogenated alkanes) is 1. The molecule has 0 fully saturated rings. The third-order valence-electron chi connectivity index (χ3n) is 5.21. The number of aliphatic hydroxyl groups is 1. The molecule has 1 N–H and O–H groups in total. The molecule has 0 aliphatic rings. The molecule has 1 aromatic heterocycles. The molecule has 31 heavy (non-hydrogen) atoms. The molecule has 0 saturated carbocycles. The summed E-state index contributed by atoms with van der Waals surface area (Å²) in [6.45, 7) is 2.08. The molecule has 2 aromatic carbocycles. The summed E-state index contributed by atoms with van der Waals surface area (Å²) in [6.07, 6.45) is -10.7. The molecule has 168 valence electrons. The Morgan fingerprint density at radius 1 is 1.00 bits per heavy atom. The third-order valence-corrected chi connectivity index (χ3v) is 5.21. The van der Waals surface area contributed by atoms with E-state index < -0.39 is 34.8 Å². The first-order valence-electron chi connectivity index (χ1n) is 9.38. The fourth-order valence-electron chi connectivity index (χ4n) is 3.71. The Labute approximate surface area is 172 Å². The smallest absolute Gasteiger partial charge is 0.435 e. The van der Waals surface area contributed by atoms with Crippen LogP contribution in [-0.4, -0.2) is 29.1 Å². The van der Waals surface area contributed by atoms with Crippen molar-refractivity contribution in [3.63, 3.8) is 0 Å². The number of ether oxygens (including phenoxy) is 1. The van der Waals surface area contributed by atoms with E-state index in [9.17, 15) is 26.7 Å². The van der Waals surface area contributed by atoms with Crippen molar-refractivity contribution in [1.29, 1.82) is 0 Å². The second-order valence-electron chi connectivity index (χ2n) is 7.09. The molecular formula is C21H19F6NO3. The molecule has 0 aliphatic heterocycles. The lowest BCUT2D eigenvalue weighted by Gasteiger charge is -2.33. The Hall–Kier alpha value is -2.75. The molecule has 1 heterocycles. The predicted octanol–water partition coefficient (Wildman–Crippen LogP) is 5.28. The molecule has 1 atom stereocenters. The zero-order valence-corrected chi connectivity index (χ0v) is 16.6. The van der Waals surface area contributed by atoms with Crippen LogP contribution < -0.4 is 10.3 Å². The van der Waals surface area contributed by atoms with Crippen LogP contribution in [0.5, 0.6) is 5.75 Å². The normalized spacial score (nSPS) is 14.7. The Morgan fingerprint density at radius 2 is 1.61 bits per heavy atom. The Balaban J connectivity index is 2.56. The Kier molecular flexibility index (Phi) is 5.72. The molecule has 3 aromatic rings. The molecule has 0 spiro atoms. The van der Waals surface area contributed by atoms with E-state index in [1.165, 1.54) is 28.8 Å². The van der Waals surface area contributed by atoms with Crippen molar-refractivity contribution in [1.82, 2.24) is 4.57 Å². The van der Waals surface area contributed by atoms with Gasteiger partial charge in [-0.3, -0.25) is 4.79 Å². The van der Waals surface area contributed by atoms with Crippen molar-refractivity contribution in [2.45, 2.75) is 44.3 Å². The van der Waals surface area contributed by atoms with Crippen molar-refractivity contribution in [2.24, 2.45) is 0 Å². The fourth-order valence-corrected chi connectivity index (χ4v) is 3.71. The van der Waals surface area contributed by atoms with Crippen molar-refractivity contribution < 1.29 is 36.2 Å². The lowest BCUT2D eigenvalue weighted by Crippen LogP contribution is -2.52. The van der Waals surface area contributed by atoms with E-state index in [1.54, 1.807) is 0 Å². The number of pyridine rings is 1. The van der Waals surface area contributed by atoms with Gasteiger partial charge in [0, 0.05) is 22.7 Å². The molecule has 0 aliphatic carbocycles. The maximum absolute atomic E-state index is 15.0. The highest BCUT2D eigenvalue weighted by Crippen LogP contribution is 2.55. The highest BCUT2D eigenvalue weighted by molar-refractivity contribution is 6.09. The number of hydrogen-bond donors (Lipinski definition) is 1. The van der Waals surface area contributed by atoms with Crippen LogP contribution in [0.2, 0.25) is 0 Å². The van der Waals surface area contributed by atoms with E-state index >= 15 is 4.39 Å². The van der Waals surface area contributed by atoms with Crippen LogP contribution in [0.15, 0.2) is 41.2 Å². The van der Waals surface area contributed by atoms with Gasteiger partial charge in [0.25, 0.3) is 5.56 Å². The first kappa shape index (κ1) is 22.9. The summed E-state index contributed by atoms with van der Waals surface area (Å²) in [4.78, 5) is 13.0. The van der Waals surface area contributed by atoms with Crippen LogP contribution >= 0.6 is 0 Å². The van der Waals surface area contributed by atoms with Gasteiger partial charge in [0.15, 0.2) is 0 Å². The Morgan fingerprint density at radius 3 is 2.13 bits per heavy atom. The summed E-state index contributed by atoms with van der Waals surface area (Å²) in [5.74, 6) is -0.840. The minimum absolute atomic E-state index is 0.100. The van der Waals surface area contributed by atoms with Gasteiger partial charge < -0.3 is 14.4 Å². The predicted molar refractivity (Wildman–Crippen MR) is 103 cm³/mol. The molecule has 0 amide bonds. The van der Waals surface area contributed by atoms with E-state index in [1.807, 2.05) is 6.92 Å². The van der Waals surface area contributed by atoms with Gasteiger partial charge in [-0.25, -0.2) is 4.39 Å². The molecule has 1 unspecified atom stereocenters. The number of nitrogens with zero attached hydrogens (tertiary/aromatic N) is 1. The molecule has 10 heteroatoms. The van der Waals surface area contributed by atoms with Gasteiger partial charge in [0.05, 0.1) is 18.2 Å². The first-order chi connectivity index (χ1) is 14.4. The van der Waals surface area contributed by atoms with Gasteiger partial charge in [0.2, 0.25) is 0 Å². The van der Waals surface area contributed by atoms with E-state index in [2.05, 4.69) is 0 Å². The number of aromatic nitrogens is 1. The number of alkyl halides is 6. The zero-order valence-electron chi connectivity index (χ0n) is 16.6.